The molecule has 1 aliphatic rings. The molecule has 0 aliphatic carbocycles. The fraction of sp³-hybridized carbons (Fsp3) is 0.565. The highest BCUT2D eigenvalue weighted by Gasteiger charge is 2.27. The molecule has 1 atom stereocenters. The SMILES string of the molecule is CC(=O)OC(COc1ccc(-c2noc(C)n2)cc1)CN1CCN(C(=O)OC(C)(C)C)CC1. The van der Waals surface area contributed by atoms with E-state index in [0.717, 1.165) is 5.56 Å². The van der Waals surface area contributed by atoms with Crippen molar-refractivity contribution >= 4 is 12.1 Å². The summed E-state index contributed by atoms with van der Waals surface area (Å²) >= 11 is 0. The van der Waals surface area contributed by atoms with Gasteiger partial charge in [0.15, 0.2) is 0 Å². The lowest BCUT2D eigenvalue weighted by Gasteiger charge is -2.36. The van der Waals surface area contributed by atoms with Crippen LogP contribution in [0.4, 0.5) is 4.79 Å². The molecule has 1 fully saturated rings. The molecule has 3 rings (SSSR count). The summed E-state index contributed by atoms with van der Waals surface area (Å²) in [5, 5.41) is 3.90. The number of aromatic nitrogens is 2. The molecule has 0 bridgehead atoms. The first-order valence-electron chi connectivity index (χ1n) is 11.0. The van der Waals surface area contributed by atoms with Crippen molar-refractivity contribution < 1.29 is 28.3 Å². The average molecular weight is 461 g/mol. The lowest BCUT2D eigenvalue weighted by Crippen LogP contribution is -2.52. The van der Waals surface area contributed by atoms with Gasteiger partial charge in [0, 0.05) is 52.1 Å². The van der Waals surface area contributed by atoms with Gasteiger partial charge in [-0.3, -0.25) is 9.69 Å². The number of aryl methyl sites for hydroxylation is 1. The fourth-order valence-corrected chi connectivity index (χ4v) is 3.39. The number of ether oxygens (including phenoxy) is 3. The van der Waals surface area contributed by atoms with Crippen LogP contribution >= 0.6 is 0 Å². The molecule has 0 saturated carbocycles. The molecule has 180 valence electrons. The first-order chi connectivity index (χ1) is 15.6. The number of hydrogen-bond donors (Lipinski definition) is 0. The minimum absolute atomic E-state index is 0.215. The normalized spacial score (nSPS) is 15.7. The van der Waals surface area contributed by atoms with Gasteiger partial charge in [-0.25, -0.2) is 4.79 Å². The van der Waals surface area contributed by atoms with Crippen LogP contribution in [0.1, 0.15) is 33.6 Å². The Labute approximate surface area is 193 Å². The predicted octanol–water partition coefficient (Wildman–Crippen LogP) is 2.91. The van der Waals surface area contributed by atoms with Crippen molar-refractivity contribution in [3.8, 4) is 17.1 Å². The summed E-state index contributed by atoms with van der Waals surface area (Å²) in [6, 6.07) is 7.31. The third kappa shape index (κ3) is 7.74. The van der Waals surface area contributed by atoms with Crippen LogP contribution in [-0.4, -0.2) is 83.0 Å². The number of carbonyl (C=O) groups excluding carboxylic acids is 2. The standard InChI is InChI=1S/C23H32N4O6/c1-16-24-21(25-33-16)18-6-8-19(9-7-18)30-15-20(31-17(2)28)14-26-10-12-27(13-11-26)22(29)32-23(3,4)5/h6-9,20H,10-15H2,1-5H3. The number of esters is 1. The summed E-state index contributed by atoms with van der Waals surface area (Å²) in [6.07, 6.45) is -0.739. The Kier molecular flexibility index (Phi) is 7.91. The molecule has 0 N–H and O–H groups in total. The van der Waals surface area contributed by atoms with Gasteiger partial charge in [0.05, 0.1) is 0 Å². The molecular weight excluding hydrogens is 428 g/mol. The summed E-state index contributed by atoms with van der Waals surface area (Å²) in [5.74, 6) is 1.30. The van der Waals surface area contributed by atoms with Crippen LogP contribution < -0.4 is 4.74 Å². The largest absolute Gasteiger partial charge is 0.490 e. The maximum Gasteiger partial charge on any atom is 0.410 e. The molecule has 0 spiro atoms. The van der Waals surface area contributed by atoms with E-state index < -0.39 is 11.7 Å². The number of hydrogen-bond acceptors (Lipinski definition) is 9. The highest BCUT2D eigenvalue weighted by Crippen LogP contribution is 2.20. The molecule has 0 radical (unpaired) electrons. The highest BCUT2D eigenvalue weighted by atomic mass is 16.6. The van der Waals surface area contributed by atoms with Crippen molar-refractivity contribution in [3.63, 3.8) is 0 Å². The second-order valence-electron chi connectivity index (χ2n) is 8.97. The van der Waals surface area contributed by atoms with Crippen molar-refractivity contribution in [3.05, 3.63) is 30.2 Å². The Morgan fingerprint density at radius 3 is 2.33 bits per heavy atom. The van der Waals surface area contributed by atoms with Crippen LogP contribution in [0.2, 0.25) is 0 Å². The number of carbonyl (C=O) groups is 2. The second kappa shape index (κ2) is 10.7. The third-order valence-electron chi connectivity index (χ3n) is 4.89. The summed E-state index contributed by atoms with van der Waals surface area (Å²) in [4.78, 5) is 31.9. The van der Waals surface area contributed by atoms with Crippen molar-refractivity contribution in [2.24, 2.45) is 0 Å². The molecule has 1 aliphatic heterocycles. The predicted molar refractivity (Wildman–Crippen MR) is 120 cm³/mol. The monoisotopic (exact) mass is 460 g/mol. The van der Waals surface area contributed by atoms with E-state index in [4.69, 9.17) is 18.7 Å². The Hall–Kier alpha value is -3.14. The second-order valence-corrected chi connectivity index (χ2v) is 8.97. The summed E-state index contributed by atoms with van der Waals surface area (Å²) in [6.45, 7) is 11.8. The van der Waals surface area contributed by atoms with Gasteiger partial charge in [-0.15, -0.1) is 0 Å². The van der Waals surface area contributed by atoms with Crippen LogP contribution in [0, 0.1) is 6.92 Å². The van der Waals surface area contributed by atoms with Gasteiger partial charge in [-0.05, 0) is 45.0 Å². The molecule has 1 aromatic heterocycles. The van der Waals surface area contributed by atoms with Gasteiger partial charge in [0.25, 0.3) is 0 Å². The van der Waals surface area contributed by atoms with Crippen molar-refractivity contribution in [2.75, 3.05) is 39.3 Å². The highest BCUT2D eigenvalue weighted by molar-refractivity contribution is 5.68. The Balaban J connectivity index is 1.50. The van der Waals surface area contributed by atoms with E-state index in [9.17, 15) is 9.59 Å². The molecule has 1 aromatic carbocycles. The van der Waals surface area contributed by atoms with Crippen molar-refractivity contribution in [1.82, 2.24) is 19.9 Å². The van der Waals surface area contributed by atoms with Crippen LogP contribution in [0.25, 0.3) is 11.4 Å². The number of benzene rings is 1. The van der Waals surface area contributed by atoms with Gasteiger partial charge in [-0.2, -0.15) is 4.98 Å². The lowest BCUT2D eigenvalue weighted by molar-refractivity contribution is -0.149. The van der Waals surface area contributed by atoms with E-state index in [1.165, 1.54) is 6.92 Å². The summed E-state index contributed by atoms with van der Waals surface area (Å²) < 4.78 is 21.8. The number of amides is 1. The smallest absolute Gasteiger partial charge is 0.410 e. The number of rotatable bonds is 7. The zero-order valence-electron chi connectivity index (χ0n) is 19.9. The van der Waals surface area contributed by atoms with Crippen molar-refractivity contribution in [1.29, 1.82) is 0 Å². The molecule has 2 aromatic rings. The third-order valence-corrected chi connectivity index (χ3v) is 4.89. The molecule has 2 heterocycles. The number of piperazine rings is 1. The molecule has 1 unspecified atom stereocenters. The average Bonchev–Trinajstić information content (AvgIpc) is 3.17. The van der Waals surface area contributed by atoms with Gasteiger partial charge in [0.2, 0.25) is 11.7 Å². The zero-order chi connectivity index (χ0) is 24.0. The Morgan fingerprint density at radius 1 is 1.12 bits per heavy atom. The maximum atomic E-state index is 12.2. The minimum Gasteiger partial charge on any atom is -0.490 e. The van der Waals surface area contributed by atoms with Gasteiger partial charge < -0.3 is 23.6 Å². The van der Waals surface area contributed by atoms with E-state index in [1.54, 1.807) is 11.8 Å². The maximum absolute atomic E-state index is 12.2. The molecule has 1 saturated heterocycles. The van der Waals surface area contributed by atoms with Gasteiger partial charge in [-0.1, -0.05) is 5.16 Å². The first kappa shape index (κ1) is 24.5. The van der Waals surface area contributed by atoms with Gasteiger partial charge >= 0.3 is 12.1 Å². The van der Waals surface area contributed by atoms with E-state index in [0.29, 0.717) is 50.2 Å². The number of nitrogens with zero attached hydrogens (tertiary/aromatic N) is 4. The molecule has 10 nitrogen and oxygen atoms in total. The van der Waals surface area contributed by atoms with Gasteiger partial charge in [0.1, 0.15) is 24.1 Å². The Bertz CT molecular complexity index is 929. The molecule has 1 amide bonds. The molecular formula is C23H32N4O6. The van der Waals surface area contributed by atoms with Crippen LogP contribution in [0.5, 0.6) is 5.75 Å². The van der Waals surface area contributed by atoms with E-state index >= 15 is 0 Å². The van der Waals surface area contributed by atoms with Crippen LogP contribution in [0.15, 0.2) is 28.8 Å². The lowest BCUT2D eigenvalue weighted by atomic mass is 10.2. The Morgan fingerprint density at radius 2 is 1.79 bits per heavy atom. The summed E-state index contributed by atoms with van der Waals surface area (Å²) in [7, 11) is 0. The van der Waals surface area contributed by atoms with E-state index in [1.807, 2.05) is 45.0 Å². The van der Waals surface area contributed by atoms with E-state index in [2.05, 4.69) is 15.0 Å². The van der Waals surface area contributed by atoms with Crippen LogP contribution in [0.3, 0.4) is 0 Å². The minimum atomic E-state index is -0.519. The van der Waals surface area contributed by atoms with Crippen molar-refractivity contribution in [2.45, 2.75) is 46.3 Å². The molecule has 33 heavy (non-hydrogen) atoms. The molecule has 10 heteroatoms. The van der Waals surface area contributed by atoms with E-state index in [-0.39, 0.29) is 18.7 Å². The zero-order valence-corrected chi connectivity index (χ0v) is 19.9. The van der Waals surface area contributed by atoms with Crippen LogP contribution in [-0.2, 0) is 14.3 Å². The fourth-order valence-electron chi connectivity index (χ4n) is 3.39. The topological polar surface area (TPSA) is 107 Å². The first-order valence-corrected chi connectivity index (χ1v) is 11.0. The quantitative estimate of drug-likeness (QED) is 0.576. The summed E-state index contributed by atoms with van der Waals surface area (Å²) in [5.41, 5.74) is 0.299.